The van der Waals surface area contributed by atoms with Gasteiger partial charge in [0.15, 0.2) is 11.5 Å². The molecule has 2 aromatic carbocycles. The molecule has 0 unspecified atom stereocenters. The number of fused-ring (bicyclic) bond motifs is 3. The van der Waals surface area contributed by atoms with Crippen LogP contribution in [0.3, 0.4) is 0 Å². The first kappa shape index (κ1) is 26.6. The Bertz CT molecular complexity index is 1380. The summed E-state index contributed by atoms with van der Waals surface area (Å²) in [4.78, 5) is 39.3. The van der Waals surface area contributed by atoms with Crippen molar-refractivity contribution in [3.8, 4) is 11.5 Å². The highest BCUT2D eigenvalue weighted by atomic mass is 127. The smallest absolute Gasteiger partial charge is 0.487 e. The standard InChI is InChI=1S/C26H26BIN2O8/c1-12(2)16-10-18-22(26(33)29(25(18)32)14-5-4-6-15(9-14)30(35)36)17-11-20(38-27(34)23(16)17)13-7-19(28)24(31)21(8-13)37-3/h4-9,12,17-18,20,22,31,34H,10-11H2,1-3H3/t17-,18-,20-,22+/m0/s1. The fourth-order valence-corrected chi connectivity index (χ4v) is 6.68. The fraction of sp³-hybridized carbons (Fsp3) is 0.385. The summed E-state index contributed by atoms with van der Waals surface area (Å²) in [5.74, 6) is -2.41. The van der Waals surface area contributed by atoms with E-state index in [1.165, 1.54) is 31.4 Å². The number of methoxy groups -OCH3 is 1. The number of halogens is 1. The molecule has 2 fully saturated rings. The first-order valence-corrected chi connectivity index (χ1v) is 13.4. The van der Waals surface area contributed by atoms with Crippen molar-refractivity contribution in [1.82, 2.24) is 0 Å². The first-order chi connectivity index (χ1) is 18.0. The molecule has 0 spiro atoms. The maximum Gasteiger partial charge on any atom is 0.487 e. The van der Waals surface area contributed by atoms with E-state index >= 15 is 0 Å². The van der Waals surface area contributed by atoms with Crippen molar-refractivity contribution in [3.05, 3.63) is 66.7 Å². The number of aromatic hydroxyl groups is 1. The average molecular weight is 632 g/mol. The molecule has 2 aromatic rings. The summed E-state index contributed by atoms with van der Waals surface area (Å²) in [7, 11) is 0.169. The highest BCUT2D eigenvalue weighted by molar-refractivity contribution is 14.1. The lowest BCUT2D eigenvalue weighted by Gasteiger charge is -2.43. The van der Waals surface area contributed by atoms with Gasteiger partial charge in [-0.05, 0) is 76.5 Å². The van der Waals surface area contributed by atoms with E-state index in [2.05, 4.69) is 0 Å². The summed E-state index contributed by atoms with van der Waals surface area (Å²) >= 11 is 1.99. The minimum atomic E-state index is -1.27. The number of nitro benzene ring substituents is 1. The van der Waals surface area contributed by atoms with Gasteiger partial charge < -0.3 is 19.5 Å². The normalized spacial score (nSPS) is 25.1. The number of anilines is 1. The molecule has 12 heteroatoms. The minimum absolute atomic E-state index is 0.00205. The summed E-state index contributed by atoms with van der Waals surface area (Å²) in [5.41, 5.74) is 2.15. The molecule has 0 bridgehead atoms. The molecular weight excluding hydrogens is 606 g/mol. The second-order valence-corrected chi connectivity index (χ2v) is 11.3. The molecule has 3 aliphatic rings. The third-order valence-corrected chi connectivity index (χ3v) is 8.61. The van der Waals surface area contributed by atoms with Crippen LogP contribution >= 0.6 is 22.6 Å². The number of amides is 2. The number of nitrogens with zero attached hydrogens (tertiary/aromatic N) is 2. The van der Waals surface area contributed by atoms with E-state index < -0.39 is 47.7 Å². The van der Waals surface area contributed by atoms with E-state index in [0.29, 0.717) is 27.4 Å². The largest absolute Gasteiger partial charge is 0.504 e. The third kappa shape index (κ3) is 4.28. The highest BCUT2D eigenvalue weighted by Gasteiger charge is 2.58. The van der Waals surface area contributed by atoms with Gasteiger partial charge in [0.25, 0.3) is 5.69 Å². The number of hydrogen-bond donors (Lipinski definition) is 2. The molecule has 2 saturated heterocycles. The molecular formula is C26H26BIN2O8. The number of benzene rings is 2. The number of rotatable bonds is 5. The van der Waals surface area contributed by atoms with Crippen molar-refractivity contribution < 1.29 is 34.0 Å². The van der Waals surface area contributed by atoms with Crippen molar-refractivity contribution in [2.24, 2.45) is 23.7 Å². The minimum Gasteiger partial charge on any atom is -0.504 e. The van der Waals surface area contributed by atoms with Crippen molar-refractivity contribution in [2.75, 3.05) is 12.0 Å². The van der Waals surface area contributed by atoms with Gasteiger partial charge in [-0.2, -0.15) is 0 Å². The summed E-state index contributed by atoms with van der Waals surface area (Å²) in [6.45, 7) is 3.95. The molecule has 38 heavy (non-hydrogen) atoms. The van der Waals surface area contributed by atoms with E-state index in [9.17, 15) is 29.8 Å². The van der Waals surface area contributed by atoms with Crippen LogP contribution < -0.4 is 9.64 Å². The van der Waals surface area contributed by atoms with E-state index in [4.69, 9.17) is 9.39 Å². The van der Waals surface area contributed by atoms with E-state index in [0.717, 1.165) is 10.5 Å². The number of allylic oxidation sites excluding steroid dienone is 2. The maximum atomic E-state index is 13.8. The monoisotopic (exact) mass is 632 g/mol. The van der Waals surface area contributed by atoms with Gasteiger partial charge in [0, 0.05) is 12.1 Å². The van der Waals surface area contributed by atoms with Gasteiger partial charge in [0.2, 0.25) is 11.8 Å². The molecule has 1 aliphatic carbocycles. The van der Waals surface area contributed by atoms with Crippen LogP contribution in [0.15, 0.2) is 47.4 Å². The Morgan fingerprint density at radius 1 is 1.21 bits per heavy atom. The lowest BCUT2D eigenvalue weighted by molar-refractivity contribution is -0.384. The summed E-state index contributed by atoms with van der Waals surface area (Å²) in [6, 6.07) is 8.90. The lowest BCUT2D eigenvalue weighted by atomic mass is 9.54. The quantitative estimate of drug-likeness (QED) is 0.165. The molecule has 10 nitrogen and oxygen atoms in total. The second-order valence-electron chi connectivity index (χ2n) is 10.1. The summed E-state index contributed by atoms with van der Waals surface area (Å²) in [5, 5.41) is 32.8. The van der Waals surface area contributed by atoms with Gasteiger partial charge in [-0.1, -0.05) is 25.5 Å². The predicted octanol–water partition coefficient (Wildman–Crippen LogP) is 4.17. The molecule has 0 aromatic heterocycles. The van der Waals surface area contributed by atoms with Gasteiger partial charge in [-0.25, -0.2) is 4.90 Å². The van der Waals surface area contributed by atoms with Crippen LogP contribution in [0.4, 0.5) is 11.4 Å². The number of phenols is 1. The number of nitro groups is 1. The van der Waals surface area contributed by atoms with E-state index in [1.807, 2.05) is 36.4 Å². The van der Waals surface area contributed by atoms with Crippen LogP contribution in [0.1, 0.15) is 38.4 Å². The SMILES string of the molecule is COc1cc([C@@H]2C[C@@H]3C(=C(C(C)C)C[C@@H]4C(=O)N(c5cccc([N+](=O)[O-])c5)C(=O)[C@@H]43)B(O)O2)cc(I)c1O. The zero-order chi connectivity index (χ0) is 27.5. The number of ether oxygens (including phenoxy) is 1. The summed E-state index contributed by atoms with van der Waals surface area (Å²) in [6.07, 6.45) is 0.0131. The Hall–Kier alpha value is -2.97. The Balaban J connectivity index is 1.57. The number of non-ortho nitro benzene ring substituents is 1. The van der Waals surface area contributed by atoms with Gasteiger partial charge >= 0.3 is 7.12 Å². The Kier molecular flexibility index (Phi) is 6.99. The predicted molar refractivity (Wildman–Crippen MR) is 146 cm³/mol. The van der Waals surface area contributed by atoms with Gasteiger partial charge in [0.05, 0.1) is 39.2 Å². The molecule has 0 radical (unpaired) electrons. The fourth-order valence-electron chi connectivity index (χ4n) is 6.05. The first-order valence-electron chi connectivity index (χ1n) is 12.3. The van der Waals surface area contributed by atoms with Gasteiger partial charge in [-0.15, -0.1) is 0 Å². The van der Waals surface area contributed by atoms with Crippen LogP contribution in [-0.2, 0) is 14.2 Å². The highest BCUT2D eigenvalue weighted by Crippen LogP contribution is 2.53. The van der Waals surface area contributed by atoms with Crippen LogP contribution in [0.25, 0.3) is 0 Å². The maximum absolute atomic E-state index is 13.8. The van der Waals surface area contributed by atoms with Crippen molar-refractivity contribution in [1.29, 1.82) is 0 Å². The lowest BCUT2D eigenvalue weighted by Crippen LogP contribution is -2.45. The van der Waals surface area contributed by atoms with Crippen LogP contribution in [0, 0.1) is 37.4 Å². The Morgan fingerprint density at radius 3 is 2.61 bits per heavy atom. The second kappa shape index (κ2) is 9.97. The number of carbonyl (C=O) groups is 2. The Labute approximate surface area is 233 Å². The Morgan fingerprint density at radius 2 is 1.95 bits per heavy atom. The van der Waals surface area contributed by atoms with Crippen LogP contribution in [-0.4, -0.2) is 41.1 Å². The topological polar surface area (TPSA) is 139 Å². The number of carbonyl (C=O) groups excluding carboxylic acids is 2. The van der Waals surface area contributed by atoms with Crippen LogP contribution in [0.2, 0.25) is 0 Å². The molecule has 5 rings (SSSR count). The molecule has 2 aliphatic heterocycles. The van der Waals surface area contributed by atoms with E-state index in [-0.39, 0.29) is 28.8 Å². The number of hydrogen-bond acceptors (Lipinski definition) is 8. The summed E-state index contributed by atoms with van der Waals surface area (Å²) < 4.78 is 11.9. The molecule has 198 valence electrons. The van der Waals surface area contributed by atoms with Crippen LogP contribution in [0.5, 0.6) is 11.5 Å². The molecule has 0 saturated carbocycles. The molecule has 2 N–H and O–H groups in total. The van der Waals surface area contributed by atoms with Gasteiger partial charge in [-0.3, -0.25) is 19.7 Å². The number of phenolic OH excluding ortho intramolecular Hbond substituents is 1. The van der Waals surface area contributed by atoms with Crippen molar-refractivity contribution in [2.45, 2.75) is 32.8 Å². The zero-order valence-corrected chi connectivity index (χ0v) is 23.1. The molecule has 4 atom stereocenters. The van der Waals surface area contributed by atoms with Crippen molar-refractivity contribution in [3.63, 3.8) is 0 Å². The average Bonchev–Trinajstić information content (AvgIpc) is 3.14. The molecule has 2 amide bonds. The van der Waals surface area contributed by atoms with E-state index in [1.54, 1.807) is 12.1 Å². The zero-order valence-electron chi connectivity index (χ0n) is 21.0. The van der Waals surface area contributed by atoms with Crippen molar-refractivity contribution >= 4 is 52.9 Å². The molecule has 2 heterocycles. The number of imide groups is 1. The third-order valence-electron chi connectivity index (χ3n) is 7.79. The van der Waals surface area contributed by atoms with Gasteiger partial charge in [0.1, 0.15) is 0 Å².